The maximum absolute atomic E-state index is 11.4. The molecule has 1 saturated carbocycles. The summed E-state index contributed by atoms with van der Waals surface area (Å²) in [6.45, 7) is 7.84. The van der Waals surface area contributed by atoms with Crippen LogP contribution in [0.3, 0.4) is 0 Å². The Kier molecular flexibility index (Phi) is 5.20. The van der Waals surface area contributed by atoms with Gasteiger partial charge in [-0.2, -0.15) is 0 Å². The van der Waals surface area contributed by atoms with E-state index in [1.54, 1.807) is 0 Å². The van der Waals surface area contributed by atoms with Crippen LogP contribution in [0.5, 0.6) is 0 Å². The fraction of sp³-hybridized carbons (Fsp3) is 0.786. The van der Waals surface area contributed by atoms with Crippen LogP contribution in [0.15, 0.2) is 11.6 Å². The first-order valence-electron chi connectivity index (χ1n) is 6.25. The standard InChI is InChI=1S/C14H24O2/c1-12(2)6-9-16-10-8-14(3)7-4-5-13(15)11-14/h6H,4-5,7-11H2,1-3H3/t14-/m0/s1. The third-order valence-corrected chi connectivity index (χ3v) is 3.32. The van der Waals surface area contributed by atoms with E-state index in [9.17, 15) is 4.79 Å². The topological polar surface area (TPSA) is 26.3 Å². The maximum Gasteiger partial charge on any atom is 0.133 e. The predicted octanol–water partition coefficient (Wildman–Crippen LogP) is 3.51. The second-order valence-electron chi connectivity index (χ2n) is 5.49. The van der Waals surface area contributed by atoms with Crippen LogP contribution in [0.1, 0.15) is 52.9 Å². The SMILES string of the molecule is CC(C)=CCOCC[C@]1(C)CCCC(=O)C1. The van der Waals surface area contributed by atoms with E-state index in [-0.39, 0.29) is 5.41 Å². The molecular weight excluding hydrogens is 200 g/mol. The summed E-state index contributed by atoms with van der Waals surface area (Å²) in [4.78, 5) is 11.4. The molecule has 0 aromatic rings. The molecule has 92 valence electrons. The van der Waals surface area contributed by atoms with Gasteiger partial charge in [-0.1, -0.05) is 18.6 Å². The summed E-state index contributed by atoms with van der Waals surface area (Å²) in [5, 5.41) is 0. The monoisotopic (exact) mass is 224 g/mol. The largest absolute Gasteiger partial charge is 0.377 e. The molecular formula is C14H24O2. The summed E-state index contributed by atoms with van der Waals surface area (Å²) < 4.78 is 5.56. The Morgan fingerprint density at radius 3 is 2.88 bits per heavy atom. The van der Waals surface area contributed by atoms with Crippen molar-refractivity contribution in [1.82, 2.24) is 0 Å². The highest BCUT2D eigenvalue weighted by Crippen LogP contribution is 2.36. The van der Waals surface area contributed by atoms with Crippen molar-refractivity contribution in [2.75, 3.05) is 13.2 Å². The molecule has 0 aromatic heterocycles. The zero-order chi connectivity index (χ0) is 12.0. The van der Waals surface area contributed by atoms with Crippen molar-refractivity contribution in [1.29, 1.82) is 0 Å². The van der Waals surface area contributed by atoms with Crippen molar-refractivity contribution in [2.24, 2.45) is 5.41 Å². The van der Waals surface area contributed by atoms with E-state index >= 15 is 0 Å². The average Bonchev–Trinajstić information content (AvgIpc) is 2.16. The summed E-state index contributed by atoms with van der Waals surface area (Å²) in [7, 11) is 0. The molecule has 0 radical (unpaired) electrons. The van der Waals surface area contributed by atoms with Crippen LogP contribution in [0.25, 0.3) is 0 Å². The molecule has 1 fully saturated rings. The van der Waals surface area contributed by atoms with Gasteiger partial charge in [0.15, 0.2) is 0 Å². The second-order valence-corrected chi connectivity index (χ2v) is 5.49. The minimum atomic E-state index is 0.195. The first-order valence-corrected chi connectivity index (χ1v) is 6.25. The number of Topliss-reactive ketones (excluding diaryl/α,β-unsaturated/α-hetero) is 1. The van der Waals surface area contributed by atoms with Gasteiger partial charge in [0.25, 0.3) is 0 Å². The molecule has 1 atom stereocenters. The van der Waals surface area contributed by atoms with E-state index in [4.69, 9.17) is 4.74 Å². The quantitative estimate of drug-likeness (QED) is 0.527. The number of ketones is 1. The van der Waals surface area contributed by atoms with Gasteiger partial charge in [-0.3, -0.25) is 4.79 Å². The van der Waals surface area contributed by atoms with Gasteiger partial charge in [0.05, 0.1) is 6.61 Å². The maximum atomic E-state index is 11.4. The van der Waals surface area contributed by atoms with Gasteiger partial charge < -0.3 is 4.74 Å². The Bertz CT molecular complexity index is 264. The van der Waals surface area contributed by atoms with E-state index in [1.165, 1.54) is 12.0 Å². The van der Waals surface area contributed by atoms with E-state index < -0.39 is 0 Å². The Morgan fingerprint density at radius 2 is 2.25 bits per heavy atom. The van der Waals surface area contributed by atoms with Crippen LogP contribution in [-0.2, 0) is 9.53 Å². The van der Waals surface area contributed by atoms with Crippen LogP contribution in [0, 0.1) is 5.41 Å². The zero-order valence-electron chi connectivity index (χ0n) is 10.8. The zero-order valence-corrected chi connectivity index (χ0v) is 10.8. The average molecular weight is 224 g/mol. The molecule has 0 aromatic carbocycles. The second kappa shape index (κ2) is 6.19. The van der Waals surface area contributed by atoms with Crippen molar-refractivity contribution in [2.45, 2.75) is 52.9 Å². The Morgan fingerprint density at radius 1 is 1.50 bits per heavy atom. The number of carbonyl (C=O) groups excluding carboxylic acids is 1. The molecule has 1 aliphatic carbocycles. The van der Waals surface area contributed by atoms with Crippen LogP contribution in [0.4, 0.5) is 0 Å². The Balaban J connectivity index is 2.20. The van der Waals surface area contributed by atoms with E-state index in [1.807, 2.05) is 0 Å². The first kappa shape index (κ1) is 13.4. The van der Waals surface area contributed by atoms with Gasteiger partial charge >= 0.3 is 0 Å². The predicted molar refractivity (Wildman–Crippen MR) is 66.4 cm³/mol. The Labute approximate surface area is 99.1 Å². The highest BCUT2D eigenvalue weighted by atomic mass is 16.5. The third-order valence-electron chi connectivity index (χ3n) is 3.32. The molecule has 16 heavy (non-hydrogen) atoms. The highest BCUT2D eigenvalue weighted by Gasteiger charge is 2.30. The van der Waals surface area contributed by atoms with Gasteiger partial charge in [-0.15, -0.1) is 0 Å². The third kappa shape index (κ3) is 4.93. The van der Waals surface area contributed by atoms with E-state index in [0.717, 1.165) is 32.3 Å². The molecule has 0 amide bonds. The van der Waals surface area contributed by atoms with Crippen molar-refractivity contribution in [3.05, 3.63) is 11.6 Å². The Hall–Kier alpha value is -0.630. The van der Waals surface area contributed by atoms with Crippen LogP contribution >= 0.6 is 0 Å². The van der Waals surface area contributed by atoms with Crippen molar-refractivity contribution in [3.63, 3.8) is 0 Å². The van der Waals surface area contributed by atoms with Gasteiger partial charge in [-0.25, -0.2) is 0 Å². The van der Waals surface area contributed by atoms with Crippen molar-refractivity contribution >= 4 is 5.78 Å². The van der Waals surface area contributed by atoms with Crippen LogP contribution in [0.2, 0.25) is 0 Å². The molecule has 1 rings (SSSR count). The molecule has 2 nitrogen and oxygen atoms in total. The van der Waals surface area contributed by atoms with Crippen LogP contribution in [-0.4, -0.2) is 19.0 Å². The molecule has 0 unspecified atom stereocenters. The molecule has 0 heterocycles. The summed E-state index contributed by atoms with van der Waals surface area (Å²) in [5.74, 6) is 0.429. The van der Waals surface area contributed by atoms with Gasteiger partial charge in [0.1, 0.15) is 5.78 Å². The number of hydrogen-bond donors (Lipinski definition) is 0. The van der Waals surface area contributed by atoms with Gasteiger partial charge in [-0.05, 0) is 38.5 Å². The van der Waals surface area contributed by atoms with E-state index in [0.29, 0.717) is 12.4 Å². The summed E-state index contributed by atoms with van der Waals surface area (Å²) in [6, 6.07) is 0. The number of hydrogen-bond acceptors (Lipinski definition) is 2. The molecule has 0 bridgehead atoms. The molecule has 2 heteroatoms. The molecule has 0 aliphatic heterocycles. The van der Waals surface area contributed by atoms with Gasteiger partial charge in [0.2, 0.25) is 0 Å². The minimum absolute atomic E-state index is 0.195. The van der Waals surface area contributed by atoms with Crippen LogP contribution < -0.4 is 0 Å². The highest BCUT2D eigenvalue weighted by molar-refractivity contribution is 5.79. The first-order chi connectivity index (χ1) is 7.52. The lowest BCUT2D eigenvalue weighted by atomic mass is 9.73. The van der Waals surface area contributed by atoms with Crippen molar-refractivity contribution < 1.29 is 9.53 Å². The van der Waals surface area contributed by atoms with Gasteiger partial charge in [0, 0.05) is 19.4 Å². The molecule has 1 aliphatic rings. The lowest BCUT2D eigenvalue weighted by molar-refractivity contribution is -0.123. The number of ether oxygens (including phenoxy) is 1. The van der Waals surface area contributed by atoms with E-state index in [2.05, 4.69) is 26.8 Å². The molecule has 0 saturated heterocycles. The normalized spacial score (nSPS) is 25.6. The fourth-order valence-electron chi connectivity index (χ4n) is 2.21. The molecule has 0 N–H and O–H groups in total. The number of rotatable bonds is 5. The summed E-state index contributed by atoms with van der Waals surface area (Å²) >= 11 is 0. The lowest BCUT2D eigenvalue weighted by Gasteiger charge is -2.32. The summed E-state index contributed by atoms with van der Waals surface area (Å²) in [5.41, 5.74) is 1.49. The summed E-state index contributed by atoms with van der Waals surface area (Å²) in [6.07, 6.45) is 6.87. The number of allylic oxidation sites excluding steroid dienone is 1. The fourth-order valence-corrected chi connectivity index (χ4v) is 2.21. The number of carbonyl (C=O) groups is 1. The molecule has 0 spiro atoms. The minimum Gasteiger partial charge on any atom is -0.377 e. The smallest absolute Gasteiger partial charge is 0.133 e. The lowest BCUT2D eigenvalue weighted by Crippen LogP contribution is -2.27. The van der Waals surface area contributed by atoms with Crippen molar-refractivity contribution in [3.8, 4) is 0 Å².